The van der Waals surface area contributed by atoms with Crippen molar-refractivity contribution < 1.29 is 9.50 Å². The molecule has 3 N–H and O–H groups in total. The lowest BCUT2D eigenvalue weighted by Gasteiger charge is -2.18. The summed E-state index contributed by atoms with van der Waals surface area (Å²) in [5.74, 6) is -0.634. The van der Waals surface area contributed by atoms with Crippen molar-refractivity contribution >= 4 is 0 Å². The number of rotatable bonds is 3. The number of phenols is 1. The van der Waals surface area contributed by atoms with Crippen LogP contribution in [0.25, 0.3) is 0 Å². The fraction of sp³-hybridized carbons (Fsp3) is 0.455. The number of aromatic hydroxyl groups is 1. The van der Waals surface area contributed by atoms with Gasteiger partial charge in [0.1, 0.15) is 0 Å². The average Bonchev–Trinajstić information content (AvgIpc) is 2.20. The third kappa shape index (κ3) is 2.23. The molecule has 0 spiro atoms. The summed E-state index contributed by atoms with van der Waals surface area (Å²) in [4.78, 5) is 0. The number of hydrogen-bond acceptors (Lipinski definition) is 2. The fourth-order valence-electron chi connectivity index (χ4n) is 1.31. The Morgan fingerprint density at radius 3 is 2.64 bits per heavy atom. The Bertz CT molecular complexity index is 314. The van der Waals surface area contributed by atoms with E-state index in [0.29, 0.717) is 5.92 Å². The molecule has 0 aliphatic carbocycles. The first kappa shape index (κ1) is 11.0. The molecule has 0 amide bonds. The zero-order valence-electron chi connectivity index (χ0n) is 8.50. The Balaban J connectivity index is 2.91. The van der Waals surface area contributed by atoms with Crippen molar-refractivity contribution in [2.45, 2.75) is 26.3 Å². The van der Waals surface area contributed by atoms with E-state index in [1.54, 1.807) is 6.07 Å². The Kier molecular flexibility index (Phi) is 3.47. The van der Waals surface area contributed by atoms with Crippen LogP contribution in [0.2, 0.25) is 0 Å². The van der Waals surface area contributed by atoms with Crippen LogP contribution in [0.3, 0.4) is 0 Å². The molecule has 2 nitrogen and oxygen atoms in total. The maximum atomic E-state index is 13.0. The molecular weight excluding hydrogens is 181 g/mol. The minimum atomic E-state index is -0.610. The SMILES string of the molecule is CCC(C)[C@H](N)c1ccc(O)c(F)c1. The van der Waals surface area contributed by atoms with Crippen LogP contribution in [0.4, 0.5) is 4.39 Å². The van der Waals surface area contributed by atoms with Crippen LogP contribution in [0, 0.1) is 11.7 Å². The zero-order valence-corrected chi connectivity index (χ0v) is 8.50. The number of nitrogens with two attached hydrogens (primary N) is 1. The van der Waals surface area contributed by atoms with E-state index in [4.69, 9.17) is 10.8 Å². The van der Waals surface area contributed by atoms with Crippen molar-refractivity contribution in [2.24, 2.45) is 11.7 Å². The molecule has 0 aromatic heterocycles. The molecule has 1 rings (SSSR count). The van der Waals surface area contributed by atoms with Gasteiger partial charge in [0.05, 0.1) is 0 Å². The molecule has 0 radical (unpaired) electrons. The van der Waals surface area contributed by atoms with E-state index in [0.717, 1.165) is 12.0 Å². The first-order valence-electron chi connectivity index (χ1n) is 4.80. The Morgan fingerprint density at radius 1 is 1.50 bits per heavy atom. The van der Waals surface area contributed by atoms with Gasteiger partial charge >= 0.3 is 0 Å². The summed E-state index contributed by atoms with van der Waals surface area (Å²) in [6.45, 7) is 4.07. The lowest BCUT2D eigenvalue weighted by atomic mass is 9.93. The monoisotopic (exact) mass is 197 g/mol. The second-order valence-corrected chi connectivity index (χ2v) is 3.62. The highest BCUT2D eigenvalue weighted by molar-refractivity contribution is 5.29. The van der Waals surface area contributed by atoms with Crippen LogP contribution in [0.15, 0.2) is 18.2 Å². The van der Waals surface area contributed by atoms with Gasteiger partial charge in [-0.05, 0) is 23.6 Å². The van der Waals surface area contributed by atoms with E-state index in [1.165, 1.54) is 12.1 Å². The van der Waals surface area contributed by atoms with E-state index >= 15 is 0 Å². The summed E-state index contributed by atoms with van der Waals surface area (Å²) in [5, 5.41) is 9.01. The predicted octanol–water partition coefficient (Wildman–Crippen LogP) is 2.58. The van der Waals surface area contributed by atoms with Crippen molar-refractivity contribution in [2.75, 3.05) is 0 Å². The second-order valence-electron chi connectivity index (χ2n) is 3.62. The predicted molar refractivity (Wildman–Crippen MR) is 54.4 cm³/mol. The van der Waals surface area contributed by atoms with Gasteiger partial charge in [-0.2, -0.15) is 0 Å². The highest BCUT2D eigenvalue weighted by Gasteiger charge is 2.14. The van der Waals surface area contributed by atoms with Crippen LogP contribution >= 0.6 is 0 Å². The van der Waals surface area contributed by atoms with Gasteiger partial charge in [0.2, 0.25) is 0 Å². The van der Waals surface area contributed by atoms with Crippen LogP contribution in [0.1, 0.15) is 31.9 Å². The molecule has 1 aromatic carbocycles. The lowest BCUT2D eigenvalue weighted by molar-refractivity contribution is 0.425. The van der Waals surface area contributed by atoms with E-state index < -0.39 is 5.82 Å². The minimum absolute atomic E-state index is 0.171. The van der Waals surface area contributed by atoms with Gasteiger partial charge in [-0.3, -0.25) is 0 Å². The van der Waals surface area contributed by atoms with Gasteiger partial charge in [-0.25, -0.2) is 4.39 Å². The average molecular weight is 197 g/mol. The van der Waals surface area contributed by atoms with Gasteiger partial charge in [0.25, 0.3) is 0 Å². The topological polar surface area (TPSA) is 46.2 Å². The molecule has 2 atom stereocenters. The van der Waals surface area contributed by atoms with Gasteiger partial charge < -0.3 is 10.8 Å². The summed E-state index contributed by atoms with van der Waals surface area (Å²) >= 11 is 0. The highest BCUT2D eigenvalue weighted by atomic mass is 19.1. The zero-order chi connectivity index (χ0) is 10.7. The molecule has 0 heterocycles. The summed E-state index contributed by atoms with van der Waals surface area (Å²) in [5.41, 5.74) is 6.65. The standard InChI is InChI=1S/C11H16FNO/c1-3-7(2)11(13)8-4-5-10(14)9(12)6-8/h4-7,11,14H,3,13H2,1-2H3/t7?,11-/m0/s1. The van der Waals surface area contributed by atoms with Gasteiger partial charge in [0.15, 0.2) is 11.6 Å². The van der Waals surface area contributed by atoms with Gasteiger partial charge in [-0.15, -0.1) is 0 Å². The first-order valence-corrected chi connectivity index (χ1v) is 4.80. The Morgan fingerprint density at radius 2 is 2.14 bits per heavy atom. The molecular formula is C11H16FNO. The third-order valence-corrected chi connectivity index (χ3v) is 2.61. The number of benzene rings is 1. The maximum Gasteiger partial charge on any atom is 0.165 e. The summed E-state index contributed by atoms with van der Waals surface area (Å²) < 4.78 is 13.0. The summed E-state index contributed by atoms with van der Waals surface area (Å²) in [6, 6.07) is 4.13. The molecule has 1 aromatic rings. The molecule has 0 fully saturated rings. The summed E-state index contributed by atoms with van der Waals surface area (Å²) in [6.07, 6.45) is 0.948. The smallest absolute Gasteiger partial charge is 0.165 e. The van der Waals surface area contributed by atoms with E-state index in [9.17, 15) is 4.39 Å². The van der Waals surface area contributed by atoms with Crippen molar-refractivity contribution in [3.05, 3.63) is 29.6 Å². The first-order chi connectivity index (χ1) is 6.56. The van der Waals surface area contributed by atoms with Gasteiger partial charge in [0, 0.05) is 6.04 Å². The quantitative estimate of drug-likeness (QED) is 0.782. The molecule has 0 saturated carbocycles. The third-order valence-electron chi connectivity index (χ3n) is 2.61. The molecule has 78 valence electrons. The van der Waals surface area contributed by atoms with Crippen LogP contribution in [-0.2, 0) is 0 Å². The molecule has 0 bridgehead atoms. The fourth-order valence-corrected chi connectivity index (χ4v) is 1.31. The molecule has 0 aliphatic heterocycles. The molecule has 0 aliphatic rings. The van der Waals surface area contributed by atoms with Crippen LogP contribution in [-0.4, -0.2) is 5.11 Å². The van der Waals surface area contributed by atoms with Crippen LogP contribution < -0.4 is 5.73 Å². The molecule has 14 heavy (non-hydrogen) atoms. The largest absolute Gasteiger partial charge is 0.505 e. The van der Waals surface area contributed by atoms with Crippen molar-refractivity contribution in [1.82, 2.24) is 0 Å². The Labute approximate surface area is 83.6 Å². The van der Waals surface area contributed by atoms with Crippen molar-refractivity contribution in [3.8, 4) is 5.75 Å². The number of halogens is 1. The van der Waals surface area contributed by atoms with Crippen molar-refractivity contribution in [1.29, 1.82) is 0 Å². The highest BCUT2D eigenvalue weighted by Crippen LogP contribution is 2.25. The maximum absolute atomic E-state index is 13.0. The lowest BCUT2D eigenvalue weighted by Crippen LogP contribution is -2.18. The second kappa shape index (κ2) is 4.42. The molecule has 3 heteroatoms. The van der Waals surface area contributed by atoms with E-state index in [-0.39, 0.29) is 11.8 Å². The Hall–Kier alpha value is -1.09. The van der Waals surface area contributed by atoms with E-state index in [2.05, 4.69) is 0 Å². The van der Waals surface area contributed by atoms with Crippen LogP contribution in [0.5, 0.6) is 5.75 Å². The number of hydrogen-bond donors (Lipinski definition) is 2. The van der Waals surface area contributed by atoms with Gasteiger partial charge in [-0.1, -0.05) is 26.3 Å². The summed E-state index contributed by atoms with van der Waals surface area (Å²) in [7, 11) is 0. The molecule has 0 saturated heterocycles. The van der Waals surface area contributed by atoms with Crippen molar-refractivity contribution in [3.63, 3.8) is 0 Å². The molecule has 1 unspecified atom stereocenters. The van der Waals surface area contributed by atoms with E-state index in [1.807, 2.05) is 13.8 Å². The number of phenolic OH excluding ortho intramolecular Hbond substituents is 1. The minimum Gasteiger partial charge on any atom is -0.505 e. The normalized spacial score (nSPS) is 15.1.